The molecule has 0 bridgehead atoms. The van der Waals surface area contributed by atoms with Crippen LogP contribution in [-0.2, 0) is 0 Å². The van der Waals surface area contributed by atoms with Crippen molar-refractivity contribution in [3.63, 3.8) is 0 Å². The second-order valence-electron chi connectivity index (χ2n) is 6.43. The van der Waals surface area contributed by atoms with Crippen LogP contribution in [0.2, 0.25) is 0 Å². The van der Waals surface area contributed by atoms with Gasteiger partial charge in [-0.3, -0.25) is 0 Å². The second-order valence-corrected chi connectivity index (χ2v) is 7.28. The highest BCUT2D eigenvalue weighted by molar-refractivity contribution is 7.17. The molecule has 1 N–H and O–H groups in total. The Morgan fingerprint density at radius 3 is 2.88 bits per heavy atom. The minimum atomic E-state index is 0.249. The van der Waals surface area contributed by atoms with Crippen LogP contribution in [0, 0.1) is 12.8 Å². The molecule has 5 heteroatoms. The van der Waals surface area contributed by atoms with Gasteiger partial charge in [-0.1, -0.05) is 30.3 Å². The summed E-state index contributed by atoms with van der Waals surface area (Å²) in [6.07, 6.45) is 2.19. The van der Waals surface area contributed by atoms with Crippen molar-refractivity contribution >= 4 is 27.4 Å². The smallest absolute Gasteiger partial charge is 0.141 e. The predicted octanol–water partition coefficient (Wildman–Crippen LogP) is 3.88. The molecular weight excluding hydrogens is 318 g/mol. The number of benzene rings is 1. The third-order valence-electron chi connectivity index (χ3n) is 4.69. The number of aliphatic hydroxyl groups excluding tert-OH is 1. The van der Waals surface area contributed by atoms with Crippen molar-refractivity contribution in [1.82, 2.24) is 9.97 Å². The Morgan fingerprint density at radius 2 is 2.08 bits per heavy atom. The summed E-state index contributed by atoms with van der Waals surface area (Å²) >= 11 is 1.68. The van der Waals surface area contributed by atoms with Gasteiger partial charge in [-0.2, -0.15) is 0 Å². The summed E-state index contributed by atoms with van der Waals surface area (Å²) in [5.41, 5.74) is 2.41. The summed E-state index contributed by atoms with van der Waals surface area (Å²) in [5.74, 6) is 2.17. The summed E-state index contributed by atoms with van der Waals surface area (Å²) in [5, 5.41) is 12.9. The second kappa shape index (κ2) is 6.49. The highest BCUT2D eigenvalue weighted by Crippen LogP contribution is 2.39. The molecule has 0 spiro atoms. The molecule has 0 radical (unpaired) electrons. The monoisotopic (exact) mass is 339 g/mol. The van der Waals surface area contributed by atoms with E-state index in [-0.39, 0.29) is 6.61 Å². The third-order valence-corrected chi connectivity index (χ3v) is 5.56. The number of piperidine rings is 1. The van der Waals surface area contributed by atoms with Gasteiger partial charge in [0.15, 0.2) is 0 Å². The molecule has 1 aromatic carbocycles. The Balaban J connectivity index is 1.86. The normalized spacial score (nSPS) is 18.2. The zero-order chi connectivity index (χ0) is 16.5. The molecule has 3 heterocycles. The summed E-state index contributed by atoms with van der Waals surface area (Å²) in [6, 6.07) is 10.4. The van der Waals surface area contributed by atoms with E-state index in [2.05, 4.69) is 39.5 Å². The van der Waals surface area contributed by atoms with Gasteiger partial charge in [-0.15, -0.1) is 11.3 Å². The van der Waals surface area contributed by atoms with E-state index < -0.39 is 0 Å². The van der Waals surface area contributed by atoms with E-state index in [1.165, 1.54) is 11.1 Å². The summed E-state index contributed by atoms with van der Waals surface area (Å²) in [6.45, 7) is 4.06. The van der Waals surface area contributed by atoms with E-state index in [1.54, 1.807) is 11.3 Å². The average Bonchev–Trinajstić information content (AvgIpc) is 3.05. The highest BCUT2D eigenvalue weighted by Gasteiger charge is 2.24. The number of hydrogen-bond donors (Lipinski definition) is 1. The Kier molecular flexibility index (Phi) is 4.21. The van der Waals surface area contributed by atoms with E-state index in [9.17, 15) is 5.11 Å². The Labute approximate surface area is 145 Å². The number of aryl methyl sites for hydroxylation is 1. The first-order chi connectivity index (χ1) is 11.8. The number of hydrogen-bond acceptors (Lipinski definition) is 5. The molecule has 4 rings (SSSR count). The molecule has 0 aliphatic carbocycles. The Hall–Kier alpha value is -1.98. The van der Waals surface area contributed by atoms with E-state index in [4.69, 9.17) is 4.98 Å². The highest BCUT2D eigenvalue weighted by atomic mass is 32.1. The lowest BCUT2D eigenvalue weighted by Crippen LogP contribution is -2.37. The first kappa shape index (κ1) is 15.5. The molecule has 2 aromatic heterocycles. The summed E-state index contributed by atoms with van der Waals surface area (Å²) in [7, 11) is 0. The van der Waals surface area contributed by atoms with Crippen LogP contribution in [0.15, 0.2) is 35.7 Å². The minimum absolute atomic E-state index is 0.249. The Morgan fingerprint density at radius 1 is 1.25 bits per heavy atom. The SMILES string of the molecule is Cc1nc(N2CCCC(CO)C2)c2c(-c3ccccc3)csc2n1. The third kappa shape index (κ3) is 2.78. The number of anilines is 1. The average molecular weight is 339 g/mol. The summed E-state index contributed by atoms with van der Waals surface area (Å²) < 4.78 is 0. The number of thiophene rings is 1. The van der Waals surface area contributed by atoms with Gasteiger partial charge in [0.25, 0.3) is 0 Å². The number of nitrogens with zero attached hydrogens (tertiary/aromatic N) is 3. The van der Waals surface area contributed by atoms with Gasteiger partial charge in [-0.25, -0.2) is 9.97 Å². The first-order valence-corrected chi connectivity index (χ1v) is 9.31. The van der Waals surface area contributed by atoms with Crippen molar-refractivity contribution < 1.29 is 5.11 Å². The molecular formula is C19H21N3OS. The molecule has 0 saturated carbocycles. The molecule has 124 valence electrons. The zero-order valence-corrected chi connectivity index (χ0v) is 14.6. The lowest BCUT2D eigenvalue weighted by atomic mass is 9.98. The van der Waals surface area contributed by atoms with Gasteiger partial charge in [0.1, 0.15) is 16.5 Å². The van der Waals surface area contributed by atoms with Crippen LogP contribution in [0.3, 0.4) is 0 Å². The van der Waals surface area contributed by atoms with Gasteiger partial charge in [-0.05, 0) is 31.2 Å². The van der Waals surface area contributed by atoms with Gasteiger partial charge in [0.05, 0.1) is 5.39 Å². The van der Waals surface area contributed by atoms with Gasteiger partial charge in [0.2, 0.25) is 0 Å². The maximum Gasteiger partial charge on any atom is 0.141 e. The molecule has 1 atom stereocenters. The fraction of sp³-hybridized carbons (Fsp3) is 0.368. The van der Waals surface area contributed by atoms with Crippen LogP contribution in [0.25, 0.3) is 21.3 Å². The number of aliphatic hydroxyl groups is 1. The van der Waals surface area contributed by atoms with Crippen molar-refractivity contribution in [2.45, 2.75) is 19.8 Å². The van der Waals surface area contributed by atoms with Crippen LogP contribution >= 0.6 is 11.3 Å². The van der Waals surface area contributed by atoms with E-state index in [0.29, 0.717) is 5.92 Å². The van der Waals surface area contributed by atoms with E-state index in [1.807, 2.05) is 13.0 Å². The van der Waals surface area contributed by atoms with Gasteiger partial charge < -0.3 is 10.0 Å². The molecule has 1 saturated heterocycles. The van der Waals surface area contributed by atoms with Crippen LogP contribution in [0.5, 0.6) is 0 Å². The molecule has 1 aliphatic rings. The first-order valence-electron chi connectivity index (χ1n) is 8.43. The Bertz CT molecular complexity index is 846. The van der Waals surface area contributed by atoms with E-state index >= 15 is 0 Å². The van der Waals surface area contributed by atoms with Crippen LogP contribution < -0.4 is 4.90 Å². The van der Waals surface area contributed by atoms with Gasteiger partial charge in [0, 0.05) is 30.6 Å². The summed E-state index contributed by atoms with van der Waals surface area (Å²) in [4.78, 5) is 12.8. The molecule has 24 heavy (non-hydrogen) atoms. The van der Waals surface area contributed by atoms with Crippen LogP contribution in [0.4, 0.5) is 5.82 Å². The molecule has 0 amide bonds. The van der Waals surface area contributed by atoms with Crippen molar-refractivity contribution in [3.8, 4) is 11.1 Å². The molecule has 1 unspecified atom stereocenters. The number of rotatable bonds is 3. The molecule has 1 aliphatic heterocycles. The fourth-order valence-corrected chi connectivity index (χ4v) is 4.48. The molecule has 1 fully saturated rings. The quantitative estimate of drug-likeness (QED) is 0.787. The van der Waals surface area contributed by atoms with Crippen LogP contribution in [-0.4, -0.2) is 34.8 Å². The largest absolute Gasteiger partial charge is 0.396 e. The lowest BCUT2D eigenvalue weighted by molar-refractivity contribution is 0.208. The predicted molar refractivity (Wildman–Crippen MR) is 99.6 cm³/mol. The maximum absolute atomic E-state index is 9.56. The van der Waals surface area contributed by atoms with Crippen molar-refractivity contribution in [3.05, 3.63) is 41.5 Å². The van der Waals surface area contributed by atoms with Gasteiger partial charge >= 0.3 is 0 Å². The standard InChI is InChI=1S/C19H21N3OS/c1-13-20-18(22-9-5-6-14(10-22)11-23)17-16(12-24-19(17)21-13)15-7-3-2-4-8-15/h2-4,7-8,12,14,23H,5-6,9-11H2,1H3. The topological polar surface area (TPSA) is 49.2 Å². The number of fused-ring (bicyclic) bond motifs is 1. The van der Waals surface area contributed by atoms with Crippen molar-refractivity contribution in [1.29, 1.82) is 0 Å². The number of aromatic nitrogens is 2. The zero-order valence-electron chi connectivity index (χ0n) is 13.8. The fourth-order valence-electron chi connectivity index (χ4n) is 3.49. The lowest BCUT2D eigenvalue weighted by Gasteiger charge is -2.33. The molecule has 4 nitrogen and oxygen atoms in total. The van der Waals surface area contributed by atoms with Crippen molar-refractivity contribution in [2.24, 2.45) is 5.92 Å². The maximum atomic E-state index is 9.56. The molecule has 3 aromatic rings. The minimum Gasteiger partial charge on any atom is -0.396 e. The van der Waals surface area contributed by atoms with Crippen LogP contribution in [0.1, 0.15) is 18.7 Å². The van der Waals surface area contributed by atoms with Crippen molar-refractivity contribution in [2.75, 3.05) is 24.6 Å². The van der Waals surface area contributed by atoms with E-state index in [0.717, 1.165) is 47.8 Å².